The highest BCUT2D eigenvalue weighted by atomic mass is 16.5. The number of ether oxygens (including phenoxy) is 1. The lowest BCUT2D eigenvalue weighted by molar-refractivity contribution is -0.128. The monoisotopic (exact) mass is 325 g/mol. The molecule has 2 atom stereocenters. The Hall–Kier alpha value is -2.29. The molecule has 3 nitrogen and oxygen atoms in total. The van der Waals surface area contributed by atoms with Crippen LogP contribution in [0.4, 0.5) is 0 Å². The maximum Gasteiger partial charge on any atom is 0.261 e. The molecular formula is C21H27NO2. The molecule has 24 heavy (non-hydrogen) atoms. The average molecular weight is 325 g/mol. The summed E-state index contributed by atoms with van der Waals surface area (Å²) >= 11 is 0. The minimum Gasteiger partial charge on any atom is -0.481 e. The van der Waals surface area contributed by atoms with Gasteiger partial charge in [0.25, 0.3) is 5.91 Å². The molecule has 1 N–H and O–H groups in total. The Kier molecular flexibility index (Phi) is 6.02. The summed E-state index contributed by atoms with van der Waals surface area (Å²) < 4.78 is 5.88. The molecule has 0 saturated carbocycles. The predicted octanol–water partition coefficient (Wildman–Crippen LogP) is 4.65. The van der Waals surface area contributed by atoms with E-state index >= 15 is 0 Å². The highest BCUT2D eigenvalue weighted by Crippen LogP contribution is 2.22. The van der Waals surface area contributed by atoms with E-state index in [2.05, 4.69) is 43.4 Å². The molecule has 2 rings (SSSR count). The molecule has 0 spiro atoms. The van der Waals surface area contributed by atoms with Gasteiger partial charge in [0.15, 0.2) is 6.10 Å². The number of amides is 1. The molecule has 0 aliphatic rings. The van der Waals surface area contributed by atoms with E-state index < -0.39 is 6.10 Å². The zero-order valence-corrected chi connectivity index (χ0v) is 15.2. The van der Waals surface area contributed by atoms with Crippen LogP contribution in [0, 0.1) is 20.8 Å². The minimum absolute atomic E-state index is 0.00255. The highest BCUT2D eigenvalue weighted by molar-refractivity contribution is 5.81. The maximum absolute atomic E-state index is 12.5. The predicted molar refractivity (Wildman–Crippen MR) is 98.4 cm³/mol. The summed E-state index contributed by atoms with van der Waals surface area (Å²) in [6.07, 6.45) is 0.301. The van der Waals surface area contributed by atoms with Gasteiger partial charge in [-0.25, -0.2) is 0 Å². The lowest BCUT2D eigenvalue weighted by Gasteiger charge is -2.22. The number of carbonyl (C=O) groups excluding carboxylic acids is 1. The number of benzene rings is 2. The lowest BCUT2D eigenvalue weighted by atomic mass is 10.0. The smallest absolute Gasteiger partial charge is 0.261 e. The standard InChI is InChI=1S/C21H27NO2/c1-6-19(18-12-10-14(2)11-13-18)22-21(23)17(5)24-20-9-7-8-15(3)16(20)4/h7-13,17,19H,6H2,1-5H3,(H,22,23)/t17-,19-/m1/s1. The van der Waals surface area contributed by atoms with Gasteiger partial charge in [0.05, 0.1) is 6.04 Å². The van der Waals surface area contributed by atoms with Gasteiger partial charge in [-0.2, -0.15) is 0 Å². The lowest BCUT2D eigenvalue weighted by Crippen LogP contribution is -2.38. The number of nitrogens with one attached hydrogen (secondary N) is 1. The van der Waals surface area contributed by atoms with Gasteiger partial charge in [0.1, 0.15) is 5.75 Å². The van der Waals surface area contributed by atoms with E-state index in [1.165, 1.54) is 5.56 Å². The first-order valence-corrected chi connectivity index (χ1v) is 8.52. The number of hydrogen-bond acceptors (Lipinski definition) is 2. The van der Waals surface area contributed by atoms with Gasteiger partial charge in [0.2, 0.25) is 0 Å². The van der Waals surface area contributed by atoms with Crippen molar-refractivity contribution < 1.29 is 9.53 Å². The topological polar surface area (TPSA) is 38.3 Å². The summed E-state index contributed by atoms with van der Waals surface area (Å²) in [6, 6.07) is 14.2. The van der Waals surface area contributed by atoms with Crippen LogP contribution in [0.3, 0.4) is 0 Å². The fraction of sp³-hybridized carbons (Fsp3) is 0.381. The van der Waals surface area contributed by atoms with Gasteiger partial charge in [-0.1, -0.05) is 48.9 Å². The minimum atomic E-state index is -0.537. The van der Waals surface area contributed by atoms with Crippen LogP contribution in [0.1, 0.15) is 48.6 Å². The molecule has 0 saturated heterocycles. The second-order valence-electron chi connectivity index (χ2n) is 6.34. The molecule has 0 aliphatic heterocycles. The van der Waals surface area contributed by atoms with Crippen LogP contribution in [-0.4, -0.2) is 12.0 Å². The molecule has 2 aromatic rings. The van der Waals surface area contributed by atoms with Crippen LogP contribution in [0.5, 0.6) is 5.75 Å². The molecule has 128 valence electrons. The first kappa shape index (κ1) is 18.1. The Morgan fingerprint density at radius 1 is 1.08 bits per heavy atom. The van der Waals surface area contributed by atoms with Gasteiger partial charge < -0.3 is 10.1 Å². The summed E-state index contributed by atoms with van der Waals surface area (Å²) in [6.45, 7) is 9.97. The number of carbonyl (C=O) groups is 1. The van der Waals surface area contributed by atoms with E-state index in [1.54, 1.807) is 6.92 Å². The van der Waals surface area contributed by atoms with Crippen molar-refractivity contribution in [1.82, 2.24) is 5.32 Å². The van der Waals surface area contributed by atoms with Crippen LogP contribution in [0.15, 0.2) is 42.5 Å². The SMILES string of the molecule is CC[C@@H](NC(=O)[C@@H](C)Oc1cccc(C)c1C)c1ccc(C)cc1. The van der Waals surface area contributed by atoms with Gasteiger partial charge in [-0.05, 0) is 56.9 Å². The van der Waals surface area contributed by atoms with E-state index in [-0.39, 0.29) is 11.9 Å². The second-order valence-corrected chi connectivity index (χ2v) is 6.34. The Balaban J connectivity index is 2.04. The van der Waals surface area contributed by atoms with E-state index in [0.29, 0.717) is 0 Å². The van der Waals surface area contributed by atoms with E-state index in [0.717, 1.165) is 28.9 Å². The highest BCUT2D eigenvalue weighted by Gasteiger charge is 2.20. The van der Waals surface area contributed by atoms with Crippen molar-refractivity contribution in [1.29, 1.82) is 0 Å². The molecular weight excluding hydrogens is 298 g/mol. The fourth-order valence-electron chi connectivity index (χ4n) is 2.60. The average Bonchev–Trinajstić information content (AvgIpc) is 2.57. The molecule has 0 radical (unpaired) electrons. The third kappa shape index (κ3) is 4.38. The van der Waals surface area contributed by atoms with Crippen molar-refractivity contribution in [2.24, 2.45) is 0 Å². The second kappa shape index (κ2) is 8.00. The first-order valence-electron chi connectivity index (χ1n) is 8.52. The quantitative estimate of drug-likeness (QED) is 0.840. The molecule has 0 aliphatic carbocycles. The maximum atomic E-state index is 12.5. The molecule has 1 amide bonds. The van der Waals surface area contributed by atoms with Crippen molar-refractivity contribution in [3.63, 3.8) is 0 Å². The van der Waals surface area contributed by atoms with Crippen LogP contribution in [0.2, 0.25) is 0 Å². The van der Waals surface area contributed by atoms with Crippen LogP contribution in [0.25, 0.3) is 0 Å². The molecule has 0 heterocycles. The zero-order valence-electron chi connectivity index (χ0n) is 15.2. The van der Waals surface area contributed by atoms with Crippen LogP contribution in [-0.2, 0) is 4.79 Å². The fourth-order valence-corrected chi connectivity index (χ4v) is 2.60. The van der Waals surface area contributed by atoms with E-state index in [4.69, 9.17) is 4.74 Å². The Morgan fingerprint density at radius 2 is 1.75 bits per heavy atom. The van der Waals surface area contributed by atoms with Crippen LogP contribution < -0.4 is 10.1 Å². The summed E-state index contributed by atoms with van der Waals surface area (Å²) in [5.74, 6) is 0.671. The summed E-state index contributed by atoms with van der Waals surface area (Å²) in [5, 5.41) is 3.09. The number of aryl methyl sites for hydroxylation is 2. The van der Waals surface area contributed by atoms with Crippen molar-refractivity contribution >= 4 is 5.91 Å². The largest absolute Gasteiger partial charge is 0.481 e. The molecule has 0 fully saturated rings. The summed E-state index contributed by atoms with van der Waals surface area (Å²) in [4.78, 5) is 12.5. The van der Waals surface area contributed by atoms with Crippen molar-refractivity contribution in [3.05, 3.63) is 64.7 Å². The Morgan fingerprint density at radius 3 is 2.38 bits per heavy atom. The molecule has 0 unspecified atom stereocenters. The van der Waals surface area contributed by atoms with Crippen molar-refractivity contribution in [3.8, 4) is 5.75 Å². The van der Waals surface area contributed by atoms with Crippen molar-refractivity contribution in [2.45, 2.75) is 53.2 Å². The molecule has 0 aromatic heterocycles. The normalized spacial score (nSPS) is 13.2. The Labute approximate surface area is 145 Å². The van der Waals surface area contributed by atoms with Gasteiger partial charge >= 0.3 is 0 Å². The number of hydrogen-bond donors (Lipinski definition) is 1. The van der Waals surface area contributed by atoms with Gasteiger partial charge in [-0.3, -0.25) is 4.79 Å². The summed E-state index contributed by atoms with van der Waals surface area (Å²) in [5.41, 5.74) is 4.57. The first-order chi connectivity index (χ1) is 11.4. The Bertz CT molecular complexity index is 691. The molecule has 2 aromatic carbocycles. The summed E-state index contributed by atoms with van der Waals surface area (Å²) in [7, 11) is 0. The van der Waals surface area contributed by atoms with Crippen LogP contribution >= 0.6 is 0 Å². The third-order valence-corrected chi connectivity index (χ3v) is 4.43. The van der Waals surface area contributed by atoms with Gasteiger partial charge in [-0.15, -0.1) is 0 Å². The van der Waals surface area contributed by atoms with E-state index in [9.17, 15) is 4.79 Å². The van der Waals surface area contributed by atoms with Crippen molar-refractivity contribution in [2.75, 3.05) is 0 Å². The molecule has 0 bridgehead atoms. The van der Waals surface area contributed by atoms with Gasteiger partial charge in [0, 0.05) is 0 Å². The number of rotatable bonds is 6. The molecule has 3 heteroatoms. The third-order valence-electron chi connectivity index (χ3n) is 4.43. The zero-order chi connectivity index (χ0) is 17.7. The van der Waals surface area contributed by atoms with E-state index in [1.807, 2.05) is 32.0 Å².